The molecule has 6 nitrogen and oxygen atoms in total. The molecular formula is C14H22N4O2S. The minimum absolute atomic E-state index is 0.0686. The van der Waals surface area contributed by atoms with Gasteiger partial charge in [0, 0.05) is 19.1 Å². The van der Waals surface area contributed by atoms with E-state index in [-0.39, 0.29) is 4.90 Å². The van der Waals surface area contributed by atoms with Gasteiger partial charge in [0.15, 0.2) is 0 Å². The molecule has 2 saturated heterocycles. The molecule has 0 radical (unpaired) electrons. The molecule has 0 saturated carbocycles. The van der Waals surface area contributed by atoms with Crippen LogP contribution in [0.5, 0.6) is 0 Å². The number of hydrogen-bond donors (Lipinski definition) is 2. The summed E-state index contributed by atoms with van der Waals surface area (Å²) < 4.78 is 22.7. The summed E-state index contributed by atoms with van der Waals surface area (Å²) in [6, 6.07) is 5.34. The summed E-state index contributed by atoms with van der Waals surface area (Å²) in [6.07, 6.45) is 3.72. The van der Waals surface area contributed by atoms with Gasteiger partial charge in [-0.3, -0.25) is 4.90 Å². The predicted octanol–water partition coefficient (Wildman–Crippen LogP) is 0.591. The third-order valence-corrected chi connectivity index (χ3v) is 5.40. The van der Waals surface area contributed by atoms with E-state index < -0.39 is 10.0 Å². The lowest BCUT2D eigenvalue weighted by molar-refractivity contribution is 0.260. The SMILES string of the molecule is Nc1cc(S(N)(=O)=O)ccc1N1CCC(N2CCCC2)C1. The smallest absolute Gasteiger partial charge is 0.238 e. The zero-order chi connectivity index (χ0) is 15.0. The molecule has 2 aliphatic heterocycles. The number of likely N-dealkylation sites (tertiary alicyclic amines) is 1. The first-order valence-corrected chi connectivity index (χ1v) is 8.91. The van der Waals surface area contributed by atoms with E-state index in [1.165, 1.54) is 38.1 Å². The Morgan fingerprint density at radius 1 is 1.14 bits per heavy atom. The van der Waals surface area contributed by atoms with Crippen molar-refractivity contribution in [2.75, 3.05) is 36.8 Å². The number of anilines is 2. The van der Waals surface area contributed by atoms with Gasteiger partial charge in [0.25, 0.3) is 0 Å². The molecule has 7 heteroatoms. The number of nitrogens with zero attached hydrogens (tertiary/aromatic N) is 2. The summed E-state index contributed by atoms with van der Waals surface area (Å²) >= 11 is 0. The predicted molar refractivity (Wildman–Crippen MR) is 83.7 cm³/mol. The molecule has 0 spiro atoms. The van der Waals surface area contributed by atoms with Gasteiger partial charge in [-0.1, -0.05) is 0 Å². The molecule has 21 heavy (non-hydrogen) atoms. The van der Waals surface area contributed by atoms with Crippen LogP contribution in [-0.2, 0) is 10.0 Å². The monoisotopic (exact) mass is 310 g/mol. The van der Waals surface area contributed by atoms with E-state index in [1.807, 2.05) is 0 Å². The fraction of sp³-hybridized carbons (Fsp3) is 0.571. The van der Waals surface area contributed by atoms with Crippen LogP contribution in [0.2, 0.25) is 0 Å². The number of rotatable bonds is 3. The van der Waals surface area contributed by atoms with Crippen molar-refractivity contribution in [2.45, 2.75) is 30.2 Å². The average molecular weight is 310 g/mol. The van der Waals surface area contributed by atoms with Crippen LogP contribution in [0.3, 0.4) is 0 Å². The molecule has 0 aromatic heterocycles. The Bertz CT molecular complexity index is 626. The van der Waals surface area contributed by atoms with Gasteiger partial charge in [0.05, 0.1) is 16.3 Å². The molecule has 4 N–H and O–H groups in total. The number of hydrogen-bond acceptors (Lipinski definition) is 5. The highest BCUT2D eigenvalue weighted by atomic mass is 32.2. The maximum atomic E-state index is 11.3. The fourth-order valence-electron chi connectivity index (χ4n) is 3.36. The molecule has 2 fully saturated rings. The van der Waals surface area contributed by atoms with E-state index in [9.17, 15) is 8.42 Å². The molecule has 1 unspecified atom stereocenters. The first-order chi connectivity index (χ1) is 9.95. The zero-order valence-electron chi connectivity index (χ0n) is 12.0. The molecule has 1 atom stereocenters. The van der Waals surface area contributed by atoms with Crippen LogP contribution < -0.4 is 15.8 Å². The van der Waals surface area contributed by atoms with Crippen molar-refractivity contribution in [1.82, 2.24) is 4.90 Å². The summed E-state index contributed by atoms with van der Waals surface area (Å²) in [5, 5.41) is 5.13. The van der Waals surface area contributed by atoms with Crippen LogP contribution in [0.15, 0.2) is 23.1 Å². The van der Waals surface area contributed by atoms with Crippen LogP contribution in [0.1, 0.15) is 19.3 Å². The normalized spacial score (nSPS) is 23.9. The summed E-state index contributed by atoms with van der Waals surface area (Å²) in [6.45, 7) is 4.30. The van der Waals surface area contributed by atoms with E-state index >= 15 is 0 Å². The van der Waals surface area contributed by atoms with Gasteiger partial charge in [0.1, 0.15) is 0 Å². The maximum Gasteiger partial charge on any atom is 0.238 e. The number of benzene rings is 1. The van der Waals surface area contributed by atoms with Gasteiger partial charge in [-0.05, 0) is 50.6 Å². The summed E-state index contributed by atoms with van der Waals surface area (Å²) in [7, 11) is -3.70. The van der Waals surface area contributed by atoms with Crippen LogP contribution >= 0.6 is 0 Å². The molecule has 0 bridgehead atoms. The highest BCUT2D eigenvalue weighted by Crippen LogP contribution is 2.30. The Balaban J connectivity index is 1.76. The summed E-state index contributed by atoms with van der Waals surface area (Å²) in [5.74, 6) is 0. The summed E-state index contributed by atoms with van der Waals surface area (Å²) in [4.78, 5) is 4.86. The Labute approximate surface area is 125 Å². The Hall–Kier alpha value is -1.31. The molecule has 0 aliphatic carbocycles. The van der Waals surface area contributed by atoms with E-state index in [1.54, 1.807) is 6.07 Å². The number of nitrogens with two attached hydrogens (primary N) is 2. The standard InChI is InChI=1S/C14H22N4O2S/c15-13-9-12(21(16,19)20)3-4-14(13)18-8-5-11(10-18)17-6-1-2-7-17/h3-4,9,11H,1-2,5-8,10,15H2,(H2,16,19,20). The quantitative estimate of drug-likeness (QED) is 0.797. The van der Waals surface area contributed by atoms with Gasteiger partial charge in [0.2, 0.25) is 10.0 Å². The fourth-order valence-corrected chi connectivity index (χ4v) is 3.91. The van der Waals surface area contributed by atoms with Crippen LogP contribution in [0, 0.1) is 0 Å². The van der Waals surface area contributed by atoms with Crippen molar-refractivity contribution < 1.29 is 8.42 Å². The number of nitrogen functional groups attached to an aromatic ring is 1. The lowest BCUT2D eigenvalue weighted by atomic mass is 10.2. The van der Waals surface area contributed by atoms with Crippen molar-refractivity contribution in [3.63, 3.8) is 0 Å². The van der Waals surface area contributed by atoms with E-state index in [0.717, 1.165) is 25.2 Å². The largest absolute Gasteiger partial charge is 0.397 e. The van der Waals surface area contributed by atoms with Crippen molar-refractivity contribution in [3.05, 3.63) is 18.2 Å². The van der Waals surface area contributed by atoms with Crippen LogP contribution in [0.4, 0.5) is 11.4 Å². The Morgan fingerprint density at radius 3 is 2.48 bits per heavy atom. The first-order valence-electron chi connectivity index (χ1n) is 7.36. The molecular weight excluding hydrogens is 288 g/mol. The Kier molecular flexibility index (Phi) is 3.81. The zero-order valence-corrected chi connectivity index (χ0v) is 12.8. The minimum atomic E-state index is -3.70. The van der Waals surface area contributed by atoms with Crippen molar-refractivity contribution in [3.8, 4) is 0 Å². The van der Waals surface area contributed by atoms with Gasteiger partial charge in [-0.2, -0.15) is 0 Å². The molecule has 2 aliphatic rings. The molecule has 116 valence electrons. The highest BCUT2D eigenvalue weighted by molar-refractivity contribution is 7.89. The molecule has 2 heterocycles. The lowest BCUT2D eigenvalue weighted by Crippen LogP contribution is -2.35. The number of primary sulfonamides is 1. The second-order valence-electron chi connectivity index (χ2n) is 5.90. The van der Waals surface area contributed by atoms with E-state index in [2.05, 4.69) is 9.80 Å². The minimum Gasteiger partial charge on any atom is -0.397 e. The topological polar surface area (TPSA) is 92.7 Å². The second-order valence-corrected chi connectivity index (χ2v) is 7.46. The molecule has 1 aromatic rings. The van der Waals surface area contributed by atoms with Gasteiger partial charge in [-0.15, -0.1) is 0 Å². The lowest BCUT2D eigenvalue weighted by Gasteiger charge is -2.25. The van der Waals surface area contributed by atoms with Gasteiger partial charge < -0.3 is 10.6 Å². The van der Waals surface area contributed by atoms with E-state index in [4.69, 9.17) is 10.9 Å². The van der Waals surface area contributed by atoms with Crippen LogP contribution in [0.25, 0.3) is 0 Å². The third kappa shape index (κ3) is 3.00. The molecule has 1 aromatic carbocycles. The first kappa shape index (κ1) is 14.6. The molecule has 0 amide bonds. The van der Waals surface area contributed by atoms with E-state index in [0.29, 0.717) is 11.7 Å². The number of sulfonamides is 1. The third-order valence-electron chi connectivity index (χ3n) is 4.49. The average Bonchev–Trinajstić information content (AvgIpc) is 3.08. The van der Waals surface area contributed by atoms with Crippen molar-refractivity contribution >= 4 is 21.4 Å². The van der Waals surface area contributed by atoms with Crippen LogP contribution in [-0.4, -0.2) is 45.5 Å². The highest BCUT2D eigenvalue weighted by Gasteiger charge is 2.30. The Morgan fingerprint density at radius 2 is 1.86 bits per heavy atom. The summed E-state index contributed by atoms with van der Waals surface area (Å²) in [5.41, 5.74) is 7.40. The maximum absolute atomic E-state index is 11.3. The van der Waals surface area contributed by atoms with Gasteiger partial charge in [-0.25, -0.2) is 13.6 Å². The van der Waals surface area contributed by atoms with Crippen molar-refractivity contribution in [1.29, 1.82) is 0 Å². The van der Waals surface area contributed by atoms with Crippen molar-refractivity contribution in [2.24, 2.45) is 5.14 Å². The molecule has 3 rings (SSSR count). The van der Waals surface area contributed by atoms with Gasteiger partial charge >= 0.3 is 0 Å². The second kappa shape index (κ2) is 5.47.